The fourth-order valence-corrected chi connectivity index (χ4v) is 3.45. The Kier molecular flexibility index (Phi) is 6.20. The van der Waals surface area contributed by atoms with Crippen molar-refractivity contribution in [1.29, 1.82) is 0 Å². The molecule has 0 saturated heterocycles. The van der Waals surface area contributed by atoms with Gasteiger partial charge in [0.2, 0.25) is 5.13 Å². The van der Waals surface area contributed by atoms with E-state index >= 15 is 0 Å². The number of hydrazone groups is 1. The fourth-order valence-electron chi connectivity index (χ4n) is 2.90. The maximum atomic E-state index is 5.88. The second-order valence-corrected chi connectivity index (χ2v) is 7.07. The third kappa shape index (κ3) is 5.32. The number of ether oxygens (including phenoxy) is 1. The summed E-state index contributed by atoms with van der Waals surface area (Å²) >= 11 is 1.43. The number of thiazole rings is 1. The van der Waals surface area contributed by atoms with Crippen LogP contribution in [0.15, 0.2) is 34.7 Å². The molecular weight excluding hydrogens is 320 g/mol. The Hall–Kier alpha value is -1.92. The highest BCUT2D eigenvalue weighted by molar-refractivity contribution is 7.14. The molecular formula is C18H24N4OS. The Morgan fingerprint density at radius 3 is 2.75 bits per heavy atom. The Balaban J connectivity index is 1.41. The van der Waals surface area contributed by atoms with E-state index in [1.165, 1.54) is 49.0 Å². The van der Waals surface area contributed by atoms with E-state index in [-0.39, 0.29) is 0 Å². The van der Waals surface area contributed by atoms with Gasteiger partial charge in [-0.05, 0) is 29.9 Å². The molecule has 24 heavy (non-hydrogen) atoms. The van der Waals surface area contributed by atoms with Crippen LogP contribution in [0, 0.1) is 5.92 Å². The van der Waals surface area contributed by atoms with E-state index in [9.17, 15) is 0 Å². The summed E-state index contributed by atoms with van der Waals surface area (Å²) in [6.07, 6.45) is 8.54. The van der Waals surface area contributed by atoms with Crippen molar-refractivity contribution in [2.75, 3.05) is 17.8 Å². The Labute approximate surface area is 146 Å². The topological polar surface area (TPSA) is 72.5 Å². The maximum Gasteiger partial charge on any atom is 0.205 e. The summed E-state index contributed by atoms with van der Waals surface area (Å²) in [5, 5.41) is 6.63. The number of aromatic nitrogens is 1. The first-order chi connectivity index (χ1) is 11.8. The van der Waals surface area contributed by atoms with Crippen LogP contribution >= 0.6 is 11.3 Å². The van der Waals surface area contributed by atoms with E-state index in [0.29, 0.717) is 17.6 Å². The molecule has 128 valence electrons. The zero-order valence-electron chi connectivity index (χ0n) is 13.8. The first-order valence-corrected chi connectivity index (χ1v) is 9.34. The molecule has 0 bridgehead atoms. The van der Waals surface area contributed by atoms with Crippen molar-refractivity contribution in [3.63, 3.8) is 0 Å². The van der Waals surface area contributed by atoms with E-state index in [4.69, 9.17) is 10.5 Å². The lowest BCUT2D eigenvalue weighted by atomic mass is 9.90. The van der Waals surface area contributed by atoms with Gasteiger partial charge in [0.25, 0.3) is 0 Å². The van der Waals surface area contributed by atoms with Crippen LogP contribution in [0.25, 0.3) is 0 Å². The molecule has 1 fully saturated rings. The molecule has 0 aliphatic heterocycles. The molecule has 1 aliphatic carbocycles. The highest BCUT2D eigenvalue weighted by Crippen LogP contribution is 2.24. The lowest BCUT2D eigenvalue weighted by Gasteiger charge is -2.21. The summed E-state index contributed by atoms with van der Waals surface area (Å²) in [4.78, 5) is 4.08. The predicted octanol–water partition coefficient (Wildman–Crippen LogP) is 4.27. The van der Waals surface area contributed by atoms with E-state index in [1.54, 1.807) is 11.6 Å². The minimum absolute atomic E-state index is 0.510. The molecule has 0 atom stereocenters. The van der Waals surface area contributed by atoms with Crippen LogP contribution in [0.4, 0.5) is 10.9 Å². The molecule has 1 aliphatic rings. The van der Waals surface area contributed by atoms with Gasteiger partial charge in [0, 0.05) is 12.0 Å². The molecule has 3 N–H and O–H groups in total. The zero-order chi connectivity index (χ0) is 16.6. The van der Waals surface area contributed by atoms with Gasteiger partial charge in [-0.25, -0.2) is 4.98 Å². The van der Waals surface area contributed by atoms with Crippen molar-refractivity contribution < 1.29 is 4.74 Å². The average Bonchev–Trinajstić information content (AvgIpc) is 3.03. The van der Waals surface area contributed by atoms with E-state index in [1.807, 2.05) is 12.1 Å². The van der Waals surface area contributed by atoms with Crippen LogP contribution in [0.5, 0.6) is 0 Å². The SMILES string of the molecule is Nc1csc(NN=Cc2ccc(COCC3CCCCC3)cc2)n1. The van der Waals surface area contributed by atoms with Gasteiger partial charge in [-0.15, -0.1) is 11.3 Å². The van der Waals surface area contributed by atoms with Crippen LogP contribution in [0.2, 0.25) is 0 Å². The molecule has 0 radical (unpaired) electrons. The number of nitrogens with two attached hydrogens (primary N) is 1. The lowest BCUT2D eigenvalue weighted by molar-refractivity contribution is 0.0739. The summed E-state index contributed by atoms with van der Waals surface area (Å²) in [5.74, 6) is 1.27. The number of nitrogens with one attached hydrogen (secondary N) is 1. The molecule has 5 nitrogen and oxygen atoms in total. The summed E-state index contributed by atoms with van der Waals surface area (Å²) in [6.45, 7) is 1.58. The molecule has 1 saturated carbocycles. The molecule has 0 spiro atoms. The number of rotatable bonds is 7. The second kappa shape index (κ2) is 8.80. The Bertz CT molecular complexity index is 647. The van der Waals surface area contributed by atoms with Gasteiger partial charge in [0.05, 0.1) is 12.8 Å². The van der Waals surface area contributed by atoms with Crippen molar-refractivity contribution in [2.24, 2.45) is 11.0 Å². The summed E-state index contributed by atoms with van der Waals surface area (Å²) in [7, 11) is 0. The van der Waals surface area contributed by atoms with Gasteiger partial charge in [0.15, 0.2) is 0 Å². The van der Waals surface area contributed by atoms with Crippen molar-refractivity contribution in [1.82, 2.24) is 4.98 Å². The Morgan fingerprint density at radius 1 is 1.25 bits per heavy atom. The maximum absolute atomic E-state index is 5.88. The number of nitrogens with zero attached hydrogens (tertiary/aromatic N) is 2. The standard InChI is InChI=1S/C18H24N4OS/c19-17-13-24-18(21-17)22-20-10-14-6-8-16(9-7-14)12-23-11-15-4-2-1-3-5-15/h6-10,13,15H,1-5,11-12,19H2,(H,21,22). The largest absolute Gasteiger partial charge is 0.383 e. The number of hydrogen-bond acceptors (Lipinski definition) is 6. The third-order valence-corrected chi connectivity index (χ3v) is 4.99. The molecule has 0 unspecified atom stereocenters. The van der Waals surface area contributed by atoms with E-state index in [2.05, 4.69) is 27.6 Å². The second-order valence-electron chi connectivity index (χ2n) is 6.21. The summed E-state index contributed by atoms with van der Waals surface area (Å²) in [6, 6.07) is 8.26. The van der Waals surface area contributed by atoms with Crippen molar-refractivity contribution in [3.8, 4) is 0 Å². The molecule has 2 aromatic rings. The summed E-state index contributed by atoms with van der Waals surface area (Å²) < 4.78 is 5.88. The van der Waals surface area contributed by atoms with Crippen molar-refractivity contribution in [2.45, 2.75) is 38.7 Å². The Morgan fingerprint density at radius 2 is 2.04 bits per heavy atom. The first kappa shape index (κ1) is 16.9. The third-order valence-electron chi connectivity index (χ3n) is 4.22. The van der Waals surface area contributed by atoms with E-state index < -0.39 is 0 Å². The van der Waals surface area contributed by atoms with Crippen LogP contribution in [-0.2, 0) is 11.3 Å². The smallest absolute Gasteiger partial charge is 0.205 e. The lowest BCUT2D eigenvalue weighted by Crippen LogP contribution is -2.13. The van der Waals surface area contributed by atoms with Gasteiger partial charge in [-0.1, -0.05) is 43.5 Å². The molecule has 6 heteroatoms. The number of hydrogen-bond donors (Lipinski definition) is 2. The van der Waals surface area contributed by atoms with Crippen molar-refractivity contribution >= 4 is 28.5 Å². The number of anilines is 2. The summed E-state index contributed by atoms with van der Waals surface area (Å²) in [5.41, 5.74) is 10.7. The van der Waals surface area contributed by atoms with Gasteiger partial charge in [0.1, 0.15) is 5.82 Å². The minimum atomic E-state index is 0.510. The minimum Gasteiger partial charge on any atom is -0.383 e. The molecule has 1 aromatic carbocycles. The fraction of sp³-hybridized carbons (Fsp3) is 0.444. The van der Waals surface area contributed by atoms with Crippen LogP contribution in [0.1, 0.15) is 43.2 Å². The van der Waals surface area contributed by atoms with Gasteiger partial charge < -0.3 is 10.5 Å². The van der Waals surface area contributed by atoms with Gasteiger partial charge >= 0.3 is 0 Å². The van der Waals surface area contributed by atoms with Crippen LogP contribution in [-0.4, -0.2) is 17.8 Å². The van der Waals surface area contributed by atoms with Gasteiger partial charge in [-0.3, -0.25) is 5.43 Å². The zero-order valence-corrected chi connectivity index (χ0v) is 14.6. The molecule has 0 amide bonds. The van der Waals surface area contributed by atoms with Crippen LogP contribution < -0.4 is 11.2 Å². The predicted molar refractivity (Wildman–Crippen MR) is 100 cm³/mol. The van der Waals surface area contributed by atoms with Crippen molar-refractivity contribution in [3.05, 3.63) is 40.8 Å². The van der Waals surface area contributed by atoms with E-state index in [0.717, 1.165) is 18.1 Å². The first-order valence-electron chi connectivity index (χ1n) is 8.46. The molecule has 1 heterocycles. The highest BCUT2D eigenvalue weighted by atomic mass is 32.1. The molecule has 3 rings (SSSR count). The van der Waals surface area contributed by atoms with Gasteiger partial charge in [-0.2, -0.15) is 5.10 Å². The molecule has 1 aromatic heterocycles. The number of benzene rings is 1. The average molecular weight is 344 g/mol. The highest BCUT2D eigenvalue weighted by Gasteiger charge is 2.13. The quantitative estimate of drug-likeness (QED) is 0.581. The normalized spacial score (nSPS) is 15.8. The number of nitrogen functional groups attached to an aromatic ring is 1. The monoisotopic (exact) mass is 344 g/mol. The van der Waals surface area contributed by atoms with Crippen LogP contribution in [0.3, 0.4) is 0 Å².